The van der Waals surface area contributed by atoms with E-state index in [4.69, 9.17) is 0 Å². The Balaban J connectivity index is 1.80. The van der Waals surface area contributed by atoms with Gasteiger partial charge < -0.3 is 5.32 Å². The van der Waals surface area contributed by atoms with Crippen LogP contribution in [0.25, 0.3) is 5.82 Å². The molecular weight excluding hydrogens is 300 g/mol. The normalized spacial score (nSPS) is 10.8. The van der Waals surface area contributed by atoms with Crippen molar-refractivity contribution in [3.05, 3.63) is 71.7 Å². The molecule has 3 rings (SSSR count). The third-order valence-electron chi connectivity index (χ3n) is 3.96. The van der Waals surface area contributed by atoms with Crippen LogP contribution in [0.4, 0.5) is 5.69 Å². The number of benzene rings is 1. The number of aromatic nitrogens is 3. The minimum Gasteiger partial charge on any atom is -0.322 e. The first kappa shape index (κ1) is 15.9. The lowest BCUT2D eigenvalue weighted by molar-refractivity contribution is 0.102. The summed E-state index contributed by atoms with van der Waals surface area (Å²) in [7, 11) is 0. The van der Waals surface area contributed by atoms with E-state index < -0.39 is 0 Å². The fraction of sp³-hybridized carbons (Fsp3) is 0.211. The highest BCUT2D eigenvalue weighted by atomic mass is 16.1. The number of hydrogen-bond donors (Lipinski definition) is 1. The number of anilines is 1. The predicted octanol–water partition coefficient (Wildman–Crippen LogP) is 3.95. The zero-order valence-electron chi connectivity index (χ0n) is 14.0. The number of nitrogens with zero attached hydrogens (tertiary/aromatic N) is 3. The molecule has 0 saturated carbocycles. The Morgan fingerprint density at radius 2 is 1.88 bits per heavy atom. The summed E-state index contributed by atoms with van der Waals surface area (Å²) in [6.45, 7) is 6.14. The average molecular weight is 320 g/mol. The lowest BCUT2D eigenvalue weighted by atomic mass is 10.0. The Morgan fingerprint density at radius 1 is 1.12 bits per heavy atom. The van der Waals surface area contributed by atoms with Crippen molar-refractivity contribution in [2.75, 3.05) is 5.32 Å². The van der Waals surface area contributed by atoms with E-state index in [1.165, 1.54) is 5.56 Å². The van der Waals surface area contributed by atoms with Gasteiger partial charge in [-0.15, -0.1) is 0 Å². The molecule has 5 nitrogen and oxygen atoms in total. The van der Waals surface area contributed by atoms with Crippen LogP contribution in [-0.2, 0) is 0 Å². The van der Waals surface area contributed by atoms with E-state index in [0.717, 1.165) is 11.4 Å². The fourth-order valence-corrected chi connectivity index (χ4v) is 2.49. The molecule has 0 aliphatic heterocycles. The number of hydrogen-bond acceptors (Lipinski definition) is 3. The first-order valence-electron chi connectivity index (χ1n) is 7.93. The summed E-state index contributed by atoms with van der Waals surface area (Å²) in [6, 6.07) is 13.5. The SMILES string of the molecule is Cc1c(C(=O)Nc2ccc(C(C)C)cc2)cnn1-c1ccccn1. The zero-order valence-corrected chi connectivity index (χ0v) is 14.0. The second-order valence-corrected chi connectivity index (χ2v) is 5.97. The van der Waals surface area contributed by atoms with Crippen molar-refractivity contribution in [1.29, 1.82) is 0 Å². The first-order chi connectivity index (χ1) is 11.6. The molecule has 0 fully saturated rings. The maximum atomic E-state index is 12.5. The first-order valence-corrected chi connectivity index (χ1v) is 7.93. The molecule has 122 valence electrons. The predicted molar refractivity (Wildman–Crippen MR) is 94.6 cm³/mol. The molecule has 0 bridgehead atoms. The van der Waals surface area contributed by atoms with E-state index in [9.17, 15) is 4.79 Å². The number of rotatable bonds is 4. The summed E-state index contributed by atoms with van der Waals surface area (Å²) in [5.41, 5.74) is 3.31. The lowest BCUT2D eigenvalue weighted by Gasteiger charge is -2.08. The summed E-state index contributed by atoms with van der Waals surface area (Å²) in [5.74, 6) is 0.982. The minimum atomic E-state index is -0.174. The van der Waals surface area contributed by atoms with Crippen LogP contribution in [0.1, 0.15) is 41.4 Å². The Bertz CT molecular complexity index is 836. The van der Waals surface area contributed by atoms with E-state index >= 15 is 0 Å². The van der Waals surface area contributed by atoms with Gasteiger partial charge in [0.25, 0.3) is 5.91 Å². The van der Waals surface area contributed by atoms with Gasteiger partial charge in [-0.3, -0.25) is 4.79 Å². The average Bonchev–Trinajstić information content (AvgIpc) is 2.98. The minimum absolute atomic E-state index is 0.174. The van der Waals surface area contributed by atoms with E-state index in [0.29, 0.717) is 17.3 Å². The van der Waals surface area contributed by atoms with Gasteiger partial charge in [-0.1, -0.05) is 32.0 Å². The van der Waals surface area contributed by atoms with Crippen LogP contribution in [0.15, 0.2) is 54.9 Å². The maximum absolute atomic E-state index is 12.5. The lowest BCUT2D eigenvalue weighted by Crippen LogP contribution is -2.13. The molecule has 0 atom stereocenters. The van der Waals surface area contributed by atoms with Gasteiger partial charge in [-0.05, 0) is 42.7 Å². The molecule has 3 aromatic rings. The van der Waals surface area contributed by atoms with Gasteiger partial charge in [0, 0.05) is 11.9 Å². The van der Waals surface area contributed by atoms with Crippen LogP contribution in [0.2, 0.25) is 0 Å². The second kappa shape index (κ2) is 6.66. The fourth-order valence-electron chi connectivity index (χ4n) is 2.49. The number of pyridine rings is 1. The number of amides is 1. The van der Waals surface area contributed by atoms with Crippen LogP contribution in [0.3, 0.4) is 0 Å². The molecule has 0 aliphatic carbocycles. The summed E-state index contributed by atoms with van der Waals surface area (Å²) in [6.07, 6.45) is 3.27. The van der Waals surface area contributed by atoms with Gasteiger partial charge in [0.1, 0.15) is 0 Å². The molecule has 0 radical (unpaired) electrons. The molecular formula is C19H20N4O. The molecule has 2 heterocycles. The van der Waals surface area contributed by atoms with Crippen LogP contribution >= 0.6 is 0 Å². The van der Waals surface area contributed by atoms with Gasteiger partial charge in [0.2, 0.25) is 0 Å². The van der Waals surface area contributed by atoms with E-state index in [1.54, 1.807) is 17.1 Å². The van der Waals surface area contributed by atoms with E-state index in [1.807, 2.05) is 49.4 Å². The van der Waals surface area contributed by atoms with Gasteiger partial charge in [0.15, 0.2) is 5.82 Å². The Morgan fingerprint density at radius 3 is 2.50 bits per heavy atom. The van der Waals surface area contributed by atoms with Crippen LogP contribution in [-0.4, -0.2) is 20.7 Å². The van der Waals surface area contributed by atoms with Crippen molar-refractivity contribution in [3.63, 3.8) is 0 Å². The third kappa shape index (κ3) is 3.20. The standard InChI is InChI=1S/C19H20N4O/c1-13(2)15-7-9-16(10-8-15)22-19(24)17-12-21-23(14(17)3)18-6-4-5-11-20-18/h4-13H,1-3H3,(H,22,24). The molecule has 1 N–H and O–H groups in total. The zero-order chi connectivity index (χ0) is 17.1. The Labute approximate surface area is 141 Å². The van der Waals surface area contributed by atoms with Gasteiger partial charge in [0.05, 0.1) is 17.5 Å². The Hall–Kier alpha value is -2.95. The van der Waals surface area contributed by atoms with Gasteiger partial charge in [-0.25, -0.2) is 9.67 Å². The summed E-state index contributed by atoms with van der Waals surface area (Å²) in [4.78, 5) is 16.8. The quantitative estimate of drug-likeness (QED) is 0.792. The summed E-state index contributed by atoms with van der Waals surface area (Å²) >= 11 is 0. The third-order valence-corrected chi connectivity index (χ3v) is 3.96. The molecule has 0 spiro atoms. The largest absolute Gasteiger partial charge is 0.322 e. The molecule has 0 unspecified atom stereocenters. The van der Waals surface area contributed by atoms with Crippen molar-refractivity contribution >= 4 is 11.6 Å². The van der Waals surface area contributed by atoms with E-state index in [-0.39, 0.29) is 5.91 Å². The van der Waals surface area contributed by atoms with Crippen LogP contribution in [0.5, 0.6) is 0 Å². The molecule has 0 saturated heterocycles. The molecule has 24 heavy (non-hydrogen) atoms. The van der Waals surface area contributed by atoms with Crippen molar-refractivity contribution in [2.45, 2.75) is 26.7 Å². The Kier molecular flexibility index (Phi) is 4.42. The molecule has 1 amide bonds. The van der Waals surface area contributed by atoms with Crippen LogP contribution in [0, 0.1) is 6.92 Å². The number of carbonyl (C=O) groups excluding carboxylic acids is 1. The number of nitrogens with one attached hydrogen (secondary N) is 1. The van der Waals surface area contributed by atoms with Crippen LogP contribution < -0.4 is 5.32 Å². The highest BCUT2D eigenvalue weighted by Crippen LogP contribution is 2.19. The summed E-state index contributed by atoms with van der Waals surface area (Å²) in [5, 5.41) is 7.20. The topological polar surface area (TPSA) is 59.8 Å². The highest BCUT2D eigenvalue weighted by Gasteiger charge is 2.15. The number of carbonyl (C=O) groups is 1. The molecule has 2 aromatic heterocycles. The monoisotopic (exact) mass is 320 g/mol. The van der Waals surface area contributed by atoms with E-state index in [2.05, 4.69) is 29.2 Å². The summed E-state index contributed by atoms with van der Waals surface area (Å²) < 4.78 is 1.66. The van der Waals surface area contributed by atoms with Crippen molar-refractivity contribution in [2.24, 2.45) is 0 Å². The van der Waals surface area contributed by atoms with Crippen molar-refractivity contribution < 1.29 is 4.79 Å². The second-order valence-electron chi connectivity index (χ2n) is 5.97. The molecule has 5 heteroatoms. The van der Waals surface area contributed by atoms with Gasteiger partial charge >= 0.3 is 0 Å². The molecule has 0 aliphatic rings. The van der Waals surface area contributed by atoms with Crippen molar-refractivity contribution in [3.8, 4) is 5.82 Å². The smallest absolute Gasteiger partial charge is 0.259 e. The van der Waals surface area contributed by atoms with Gasteiger partial charge in [-0.2, -0.15) is 5.10 Å². The van der Waals surface area contributed by atoms with Crippen molar-refractivity contribution in [1.82, 2.24) is 14.8 Å². The highest BCUT2D eigenvalue weighted by molar-refractivity contribution is 6.04. The maximum Gasteiger partial charge on any atom is 0.259 e. The molecule has 1 aromatic carbocycles.